The summed E-state index contributed by atoms with van der Waals surface area (Å²) in [5.74, 6) is -1.46. The second-order valence-corrected chi connectivity index (χ2v) is 6.92. The van der Waals surface area contributed by atoms with Crippen molar-refractivity contribution in [3.8, 4) is 0 Å². The van der Waals surface area contributed by atoms with Crippen molar-refractivity contribution in [2.24, 2.45) is 5.92 Å². The number of hydrogen-bond donors (Lipinski definition) is 1. The van der Waals surface area contributed by atoms with E-state index in [2.05, 4.69) is 0 Å². The van der Waals surface area contributed by atoms with E-state index in [4.69, 9.17) is 0 Å². The Morgan fingerprint density at radius 3 is 2.58 bits per heavy atom. The molecule has 1 N–H and O–H groups in total. The lowest BCUT2D eigenvalue weighted by molar-refractivity contribution is -0.152. The van der Waals surface area contributed by atoms with Crippen molar-refractivity contribution in [3.05, 3.63) is 35.9 Å². The molecule has 0 radical (unpaired) electrons. The number of piperidine rings is 1. The molecule has 6 heteroatoms. The van der Waals surface area contributed by atoms with Crippen LogP contribution in [-0.2, 0) is 20.8 Å². The largest absolute Gasteiger partial charge is 0.480 e. The van der Waals surface area contributed by atoms with Crippen LogP contribution in [0.15, 0.2) is 30.3 Å². The lowest BCUT2D eigenvalue weighted by Gasteiger charge is -2.35. The molecule has 0 aliphatic carbocycles. The van der Waals surface area contributed by atoms with Crippen LogP contribution < -0.4 is 0 Å². The van der Waals surface area contributed by atoms with Gasteiger partial charge in [-0.3, -0.25) is 9.59 Å². The van der Waals surface area contributed by atoms with Gasteiger partial charge in [-0.2, -0.15) is 0 Å². The Hall–Kier alpha value is -2.37. The molecule has 142 valence electrons. The lowest BCUT2D eigenvalue weighted by Crippen LogP contribution is -2.50. The number of carbonyl (C=O) groups is 3. The van der Waals surface area contributed by atoms with Gasteiger partial charge in [-0.25, -0.2) is 4.79 Å². The predicted octanol–water partition coefficient (Wildman–Crippen LogP) is 2.18. The number of amides is 2. The molecular formula is C20H28N2O4. The van der Waals surface area contributed by atoms with Gasteiger partial charge in [-0.1, -0.05) is 37.3 Å². The summed E-state index contributed by atoms with van der Waals surface area (Å²) in [6.45, 7) is 3.03. The van der Waals surface area contributed by atoms with Crippen LogP contribution in [0.25, 0.3) is 0 Å². The molecule has 0 aromatic heterocycles. The highest BCUT2D eigenvalue weighted by atomic mass is 16.4. The molecule has 2 rings (SSSR count). The second-order valence-electron chi connectivity index (χ2n) is 6.92. The zero-order chi connectivity index (χ0) is 19.1. The molecule has 2 atom stereocenters. The third-order valence-electron chi connectivity index (χ3n) is 4.96. The number of carboxylic acids is 1. The Morgan fingerprint density at radius 1 is 1.27 bits per heavy atom. The second kappa shape index (κ2) is 9.36. The summed E-state index contributed by atoms with van der Waals surface area (Å²) in [5.41, 5.74) is 0.878. The fourth-order valence-electron chi connectivity index (χ4n) is 3.45. The quantitative estimate of drug-likeness (QED) is 0.808. The van der Waals surface area contributed by atoms with Gasteiger partial charge in [-0.15, -0.1) is 0 Å². The summed E-state index contributed by atoms with van der Waals surface area (Å²) in [5, 5.41) is 9.60. The average Bonchev–Trinajstić information content (AvgIpc) is 2.66. The first-order valence-corrected chi connectivity index (χ1v) is 9.25. The third-order valence-corrected chi connectivity index (χ3v) is 4.96. The van der Waals surface area contributed by atoms with Gasteiger partial charge in [0, 0.05) is 33.0 Å². The number of carbonyl (C=O) groups excluding carboxylic acids is 2. The highest BCUT2D eigenvalue weighted by Gasteiger charge is 2.34. The van der Waals surface area contributed by atoms with Crippen molar-refractivity contribution >= 4 is 17.8 Å². The molecule has 0 saturated carbocycles. The minimum Gasteiger partial charge on any atom is -0.480 e. The molecule has 1 fully saturated rings. The Balaban J connectivity index is 2.05. The summed E-state index contributed by atoms with van der Waals surface area (Å²) in [4.78, 5) is 39.8. The fourth-order valence-corrected chi connectivity index (χ4v) is 3.45. The van der Waals surface area contributed by atoms with E-state index in [9.17, 15) is 19.5 Å². The molecule has 1 aromatic rings. The van der Waals surface area contributed by atoms with Crippen LogP contribution in [0.2, 0.25) is 0 Å². The van der Waals surface area contributed by atoms with Crippen LogP contribution in [0, 0.1) is 5.92 Å². The topological polar surface area (TPSA) is 77.9 Å². The van der Waals surface area contributed by atoms with Crippen LogP contribution >= 0.6 is 0 Å². The monoisotopic (exact) mass is 360 g/mol. The summed E-state index contributed by atoms with van der Waals surface area (Å²) in [6, 6.07) is 8.40. The van der Waals surface area contributed by atoms with E-state index in [-0.39, 0.29) is 24.2 Å². The molecule has 0 bridgehead atoms. The Morgan fingerprint density at radius 2 is 1.96 bits per heavy atom. The van der Waals surface area contributed by atoms with Gasteiger partial charge >= 0.3 is 5.97 Å². The predicted molar refractivity (Wildman–Crippen MR) is 98.6 cm³/mol. The molecule has 1 heterocycles. The summed E-state index contributed by atoms with van der Waals surface area (Å²) in [6.07, 6.45) is 3.00. The van der Waals surface area contributed by atoms with Crippen LogP contribution in [0.5, 0.6) is 0 Å². The lowest BCUT2D eigenvalue weighted by atomic mass is 9.95. The number of rotatable bonds is 7. The van der Waals surface area contributed by atoms with Crippen molar-refractivity contribution < 1.29 is 19.5 Å². The maximum atomic E-state index is 12.9. The van der Waals surface area contributed by atoms with Crippen LogP contribution in [-0.4, -0.2) is 58.9 Å². The van der Waals surface area contributed by atoms with E-state index in [1.54, 1.807) is 11.9 Å². The minimum atomic E-state index is -1.01. The van der Waals surface area contributed by atoms with E-state index in [1.165, 1.54) is 4.90 Å². The van der Waals surface area contributed by atoms with Gasteiger partial charge in [0.1, 0.15) is 6.04 Å². The zero-order valence-corrected chi connectivity index (χ0v) is 15.6. The van der Waals surface area contributed by atoms with Gasteiger partial charge < -0.3 is 14.9 Å². The first kappa shape index (κ1) is 19.9. The normalized spacial score (nSPS) is 18.2. The number of likely N-dealkylation sites (N-methyl/N-ethyl adjacent to an activating group) is 1. The Labute approximate surface area is 154 Å². The van der Waals surface area contributed by atoms with Crippen LogP contribution in [0.3, 0.4) is 0 Å². The van der Waals surface area contributed by atoms with Crippen molar-refractivity contribution in [2.45, 2.75) is 45.1 Å². The molecule has 1 aliphatic heterocycles. The number of hydrogen-bond acceptors (Lipinski definition) is 3. The number of likely N-dealkylation sites (tertiary alicyclic amines) is 1. The molecule has 2 unspecified atom stereocenters. The Kier molecular flexibility index (Phi) is 7.18. The summed E-state index contributed by atoms with van der Waals surface area (Å²) in [7, 11) is 1.55. The van der Waals surface area contributed by atoms with Crippen molar-refractivity contribution in [3.63, 3.8) is 0 Å². The van der Waals surface area contributed by atoms with E-state index in [0.29, 0.717) is 25.9 Å². The molecule has 1 saturated heterocycles. The van der Waals surface area contributed by atoms with E-state index in [0.717, 1.165) is 18.4 Å². The highest BCUT2D eigenvalue weighted by molar-refractivity contribution is 5.86. The molecular weight excluding hydrogens is 332 g/mol. The number of benzene rings is 1. The van der Waals surface area contributed by atoms with Crippen molar-refractivity contribution in [1.82, 2.24) is 9.80 Å². The smallest absolute Gasteiger partial charge is 0.326 e. The fraction of sp³-hybridized carbons (Fsp3) is 0.550. The maximum Gasteiger partial charge on any atom is 0.326 e. The van der Waals surface area contributed by atoms with Gasteiger partial charge in [-0.05, 0) is 24.8 Å². The standard InChI is InChI=1S/C20H28N2O4/c1-3-8-18(23)22-12-7-11-16(14-22)19(24)21(2)17(20(25)26)13-15-9-5-4-6-10-15/h4-6,9-10,16-17H,3,7-8,11-14H2,1-2H3,(H,25,26). The summed E-state index contributed by atoms with van der Waals surface area (Å²) < 4.78 is 0. The van der Waals surface area contributed by atoms with Crippen LogP contribution in [0.1, 0.15) is 38.2 Å². The number of aliphatic carboxylic acids is 1. The van der Waals surface area contributed by atoms with Crippen LogP contribution in [0.4, 0.5) is 0 Å². The zero-order valence-electron chi connectivity index (χ0n) is 15.6. The Bertz CT molecular complexity index is 632. The molecule has 1 aromatic carbocycles. The molecule has 2 amide bonds. The van der Waals surface area contributed by atoms with Gasteiger partial charge in [0.05, 0.1) is 5.92 Å². The van der Waals surface area contributed by atoms with E-state index >= 15 is 0 Å². The van der Waals surface area contributed by atoms with Gasteiger partial charge in [0.25, 0.3) is 0 Å². The molecule has 26 heavy (non-hydrogen) atoms. The van der Waals surface area contributed by atoms with E-state index < -0.39 is 12.0 Å². The minimum absolute atomic E-state index is 0.0757. The number of nitrogens with zero attached hydrogens (tertiary/aromatic N) is 2. The first-order chi connectivity index (χ1) is 12.4. The molecule has 0 spiro atoms. The first-order valence-electron chi connectivity index (χ1n) is 9.25. The molecule has 1 aliphatic rings. The van der Waals surface area contributed by atoms with Crippen molar-refractivity contribution in [1.29, 1.82) is 0 Å². The van der Waals surface area contributed by atoms with E-state index in [1.807, 2.05) is 37.3 Å². The average molecular weight is 360 g/mol. The number of carboxylic acid groups (broad SMARTS) is 1. The SMILES string of the molecule is CCCC(=O)N1CCCC(C(=O)N(C)C(Cc2ccccc2)C(=O)O)C1. The van der Waals surface area contributed by atoms with Gasteiger partial charge in [0.15, 0.2) is 0 Å². The van der Waals surface area contributed by atoms with Crippen molar-refractivity contribution in [2.75, 3.05) is 20.1 Å². The summed E-state index contributed by atoms with van der Waals surface area (Å²) >= 11 is 0. The van der Waals surface area contributed by atoms with Gasteiger partial charge in [0.2, 0.25) is 11.8 Å². The third kappa shape index (κ3) is 5.07. The molecule has 6 nitrogen and oxygen atoms in total. The maximum absolute atomic E-state index is 12.9. The highest BCUT2D eigenvalue weighted by Crippen LogP contribution is 2.21.